The van der Waals surface area contributed by atoms with Crippen LogP contribution in [0.3, 0.4) is 0 Å². The van der Waals surface area contributed by atoms with Crippen LogP contribution in [0.15, 0.2) is 41.3 Å². The van der Waals surface area contributed by atoms with Crippen molar-refractivity contribution in [3.63, 3.8) is 0 Å². The quantitative estimate of drug-likeness (QED) is 0.674. The van der Waals surface area contributed by atoms with Gasteiger partial charge in [0, 0.05) is 10.6 Å². The van der Waals surface area contributed by atoms with Crippen LogP contribution in [0.4, 0.5) is 10.1 Å². The first-order valence-electron chi connectivity index (χ1n) is 6.03. The van der Waals surface area contributed by atoms with Crippen LogP contribution in [0.25, 0.3) is 0 Å². The van der Waals surface area contributed by atoms with Crippen LogP contribution in [0, 0.1) is 5.82 Å². The van der Waals surface area contributed by atoms with Gasteiger partial charge in [-0.1, -0.05) is 12.1 Å². The molecule has 0 unspecified atom stereocenters. The van der Waals surface area contributed by atoms with Gasteiger partial charge in [-0.05, 0) is 29.8 Å². The molecule has 20 heavy (non-hydrogen) atoms. The zero-order valence-corrected chi connectivity index (χ0v) is 12.2. The summed E-state index contributed by atoms with van der Waals surface area (Å²) >= 11 is 1.57. The van der Waals surface area contributed by atoms with Crippen LogP contribution < -0.4 is 15.2 Å². The van der Waals surface area contributed by atoms with Gasteiger partial charge in [0.15, 0.2) is 11.5 Å². The summed E-state index contributed by atoms with van der Waals surface area (Å²) in [6.07, 6.45) is 0. The number of ether oxygens (including phenoxy) is 2. The van der Waals surface area contributed by atoms with Gasteiger partial charge in [0.1, 0.15) is 5.82 Å². The lowest BCUT2D eigenvalue weighted by atomic mass is 10.2. The first-order chi connectivity index (χ1) is 9.65. The second kappa shape index (κ2) is 6.52. The largest absolute Gasteiger partial charge is 0.493 e. The molecule has 0 aliphatic rings. The predicted octanol–water partition coefficient (Wildman–Crippen LogP) is 3.72. The lowest BCUT2D eigenvalue weighted by molar-refractivity contribution is 0.356. The van der Waals surface area contributed by atoms with Crippen LogP contribution >= 0.6 is 11.8 Å². The molecular weight excluding hydrogens is 277 g/mol. The lowest BCUT2D eigenvalue weighted by Gasteiger charge is -2.13. The smallest absolute Gasteiger partial charge is 0.184 e. The molecule has 3 nitrogen and oxygen atoms in total. The summed E-state index contributed by atoms with van der Waals surface area (Å²) in [5, 5.41) is 0. The first kappa shape index (κ1) is 14.5. The van der Waals surface area contributed by atoms with Crippen molar-refractivity contribution in [1.82, 2.24) is 0 Å². The molecule has 106 valence electrons. The minimum Gasteiger partial charge on any atom is -0.493 e. The normalized spacial score (nSPS) is 10.3. The molecule has 0 saturated heterocycles. The third-order valence-corrected chi connectivity index (χ3v) is 4.00. The maximum absolute atomic E-state index is 12.8. The molecule has 0 fully saturated rings. The Morgan fingerprint density at radius 3 is 2.35 bits per heavy atom. The van der Waals surface area contributed by atoms with Crippen molar-refractivity contribution < 1.29 is 13.9 Å². The third-order valence-electron chi connectivity index (χ3n) is 2.85. The summed E-state index contributed by atoms with van der Waals surface area (Å²) in [7, 11) is 3.13. The highest BCUT2D eigenvalue weighted by molar-refractivity contribution is 7.98. The Labute approximate surface area is 121 Å². The summed E-state index contributed by atoms with van der Waals surface area (Å²) < 4.78 is 23.3. The van der Waals surface area contributed by atoms with Gasteiger partial charge in [0.25, 0.3) is 0 Å². The van der Waals surface area contributed by atoms with Gasteiger partial charge in [-0.2, -0.15) is 0 Å². The van der Waals surface area contributed by atoms with Gasteiger partial charge in [-0.25, -0.2) is 4.39 Å². The summed E-state index contributed by atoms with van der Waals surface area (Å²) in [6.45, 7) is 0. The third kappa shape index (κ3) is 3.17. The van der Waals surface area contributed by atoms with Gasteiger partial charge in [-0.3, -0.25) is 0 Å². The number of hydrogen-bond donors (Lipinski definition) is 1. The van der Waals surface area contributed by atoms with E-state index >= 15 is 0 Å². The van der Waals surface area contributed by atoms with Crippen molar-refractivity contribution in [2.24, 2.45) is 0 Å². The SMILES string of the molecule is COc1ccc(SCc2ccc(F)cc2)c(N)c1OC. The van der Waals surface area contributed by atoms with Gasteiger partial charge < -0.3 is 15.2 Å². The van der Waals surface area contributed by atoms with Crippen LogP contribution in [0.5, 0.6) is 11.5 Å². The molecule has 0 aliphatic carbocycles. The van der Waals surface area contributed by atoms with E-state index in [2.05, 4.69) is 0 Å². The fraction of sp³-hybridized carbons (Fsp3) is 0.200. The molecule has 0 bridgehead atoms. The monoisotopic (exact) mass is 293 g/mol. The first-order valence-corrected chi connectivity index (χ1v) is 7.02. The molecule has 0 spiro atoms. The second-order valence-corrected chi connectivity index (χ2v) is 5.15. The zero-order valence-electron chi connectivity index (χ0n) is 11.4. The molecule has 0 atom stereocenters. The fourth-order valence-electron chi connectivity index (χ4n) is 1.80. The summed E-state index contributed by atoms with van der Waals surface area (Å²) in [6, 6.07) is 10.1. The van der Waals surface area contributed by atoms with Crippen molar-refractivity contribution in [2.75, 3.05) is 20.0 Å². The van der Waals surface area contributed by atoms with Crippen molar-refractivity contribution in [3.8, 4) is 11.5 Å². The van der Waals surface area contributed by atoms with Crippen molar-refractivity contribution in [3.05, 3.63) is 47.8 Å². The standard InChI is InChI=1S/C15H16FNO2S/c1-18-12-7-8-13(14(17)15(12)19-2)20-9-10-3-5-11(16)6-4-10/h3-8H,9,17H2,1-2H3. The van der Waals surface area contributed by atoms with E-state index in [0.29, 0.717) is 22.9 Å². The molecular formula is C15H16FNO2S. The number of hydrogen-bond acceptors (Lipinski definition) is 4. The molecule has 2 aromatic carbocycles. The van der Waals surface area contributed by atoms with E-state index in [1.807, 2.05) is 12.1 Å². The molecule has 0 saturated carbocycles. The Morgan fingerprint density at radius 2 is 1.75 bits per heavy atom. The van der Waals surface area contributed by atoms with Gasteiger partial charge >= 0.3 is 0 Å². The van der Waals surface area contributed by atoms with E-state index in [1.54, 1.807) is 38.1 Å². The number of methoxy groups -OCH3 is 2. The topological polar surface area (TPSA) is 44.5 Å². The zero-order chi connectivity index (χ0) is 14.5. The molecule has 2 N–H and O–H groups in total. The summed E-state index contributed by atoms with van der Waals surface area (Å²) in [4.78, 5) is 0.909. The molecule has 5 heteroatoms. The molecule has 0 radical (unpaired) electrons. The van der Waals surface area contributed by atoms with Crippen LogP contribution in [-0.4, -0.2) is 14.2 Å². The van der Waals surface area contributed by atoms with E-state index in [4.69, 9.17) is 15.2 Å². The van der Waals surface area contributed by atoms with E-state index in [-0.39, 0.29) is 5.82 Å². The Balaban J connectivity index is 2.15. The van der Waals surface area contributed by atoms with Crippen LogP contribution in [-0.2, 0) is 5.75 Å². The number of anilines is 1. The van der Waals surface area contributed by atoms with E-state index in [9.17, 15) is 4.39 Å². The number of rotatable bonds is 5. The minimum absolute atomic E-state index is 0.232. The molecule has 0 aromatic heterocycles. The van der Waals surface area contributed by atoms with Crippen molar-refractivity contribution >= 4 is 17.4 Å². The van der Waals surface area contributed by atoms with Crippen LogP contribution in [0.2, 0.25) is 0 Å². The highest BCUT2D eigenvalue weighted by Gasteiger charge is 2.12. The average molecular weight is 293 g/mol. The Hall–Kier alpha value is -1.88. The van der Waals surface area contributed by atoms with Gasteiger partial charge in [0.05, 0.1) is 19.9 Å². The number of benzene rings is 2. The maximum atomic E-state index is 12.8. The number of nitrogen functional groups attached to an aromatic ring is 1. The van der Waals surface area contributed by atoms with E-state index in [1.165, 1.54) is 12.1 Å². The number of thioether (sulfide) groups is 1. The molecule has 0 amide bonds. The van der Waals surface area contributed by atoms with Crippen molar-refractivity contribution in [1.29, 1.82) is 0 Å². The Kier molecular flexibility index (Phi) is 4.74. The predicted molar refractivity (Wildman–Crippen MR) is 79.9 cm³/mol. The van der Waals surface area contributed by atoms with Crippen molar-refractivity contribution in [2.45, 2.75) is 10.6 Å². The maximum Gasteiger partial charge on any atom is 0.184 e. The number of halogens is 1. The minimum atomic E-state index is -0.232. The Morgan fingerprint density at radius 1 is 1.05 bits per heavy atom. The average Bonchev–Trinajstić information content (AvgIpc) is 2.47. The molecule has 0 heterocycles. The Bertz CT molecular complexity index is 587. The molecule has 0 aliphatic heterocycles. The summed E-state index contributed by atoms with van der Waals surface area (Å²) in [5.74, 6) is 1.62. The number of nitrogens with two attached hydrogens (primary N) is 1. The van der Waals surface area contributed by atoms with E-state index in [0.717, 1.165) is 10.5 Å². The highest BCUT2D eigenvalue weighted by Crippen LogP contribution is 2.40. The van der Waals surface area contributed by atoms with Gasteiger partial charge in [-0.15, -0.1) is 11.8 Å². The van der Waals surface area contributed by atoms with E-state index < -0.39 is 0 Å². The second-order valence-electron chi connectivity index (χ2n) is 4.13. The summed E-state index contributed by atoms with van der Waals surface area (Å²) in [5.41, 5.74) is 7.66. The molecule has 2 rings (SSSR count). The van der Waals surface area contributed by atoms with Crippen LogP contribution in [0.1, 0.15) is 5.56 Å². The van der Waals surface area contributed by atoms with Gasteiger partial charge in [0.2, 0.25) is 0 Å². The molecule has 2 aromatic rings. The fourth-order valence-corrected chi connectivity index (χ4v) is 2.73. The highest BCUT2D eigenvalue weighted by atomic mass is 32.2. The lowest BCUT2D eigenvalue weighted by Crippen LogP contribution is -1.98.